The summed E-state index contributed by atoms with van der Waals surface area (Å²) in [5.74, 6) is -0.410. The molecule has 1 aromatic carbocycles. The molecule has 3 heterocycles. The lowest BCUT2D eigenvalue weighted by Gasteiger charge is -2.04. The van der Waals surface area contributed by atoms with Gasteiger partial charge in [0.05, 0.1) is 16.5 Å². The Morgan fingerprint density at radius 3 is 2.59 bits per heavy atom. The van der Waals surface area contributed by atoms with Crippen LogP contribution in [-0.2, 0) is 32.5 Å². The van der Waals surface area contributed by atoms with Crippen LogP contribution in [0.1, 0.15) is 0 Å². The first-order chi connectivity index (χ1) is 12.9. The molecule has 0 atom stereocenters. The summed E-state index contributed by atoms with van der Waals surface area (Å²) in [5, 5.41) is 0. The number of hydrogen-bond donors (Lipinski definition) is 0. The van der Waals surface area contributed by atoms with Crippen LogP contribution in [0.3, 0.4) is 0 Å². The average Bonchev–Trinajstić information content (AvgIpc) is 3.20. The van der Waals surface area contributed by atoms with Gasteiger partial charge in [0.25, 0.3) is 11.5 Å². The van der Waals surface area contributed by atoms with Crippen molar-refractivity contribution < 1.29 is 4.79 Å². The number of carbonyl (C=O) groups is 1. The van der Waals surface area contributed by atoms with Gasteiger partial charge in [0.15, 0.2) is 16.0 Å². The SMILES string of the molecule is Cn1c(=O)c2c(ncn2CC(=O)N=c2sc3ccccc3n2C)n(C)c1=O. The highest BCUT2D eigenvalue weighted by Gasteiger charge is 2.16. The Morgan fingerprint density at radius 2 is 1.85 bits per heavy atom. The zero-order valence-corrected chi connectivity index (χ0v) is 15.7. The summed E-state index contributed by atoms with van der Waals surface area (Å²) in [6.07, 6.45) is 1.38. The minimum atomic E-state index is -0.495. The highest BCUT2D eigenvalue weighted by atomic mass is 32.1. The number of benzene rings is 1. The predicted molar refractivity (Wildman–Crippen MR) is 102 cm³/mol. The van der Waals surface area contributed by atoms with E-state index >= 15 is 0 Å². The van der Waals surface area contributed by atoms with E-state index in [1.807, 2.05) is 35.9 Å². The van der Waals surface area contributed by atoms with Crippen molar-refractivity contribution in [3.63, 3.8) is 0 Å². The fraction of sp³-hybridized carbons (Fsp3) is 0.235. The van der Waals surface area contributed by atoms with Gasteiger partial charge < -0.3 is 9.13 Å². The van der Waals surface area contributed by atoms with Crippen LogP contribution >= 0.6 is 11.3 Å². The topological polar surface area (TPSA) is 96.2 Å². The number of aryl methyl sites for hydroxylation is 2. The van der Waals surface area contributed by atoms with Gasteiger partial charge in [-0.3, -0.25) is 18.7 Å². The molecule has 0 spiro atoms. The largest absolute Gasteiger partial charge is 0.332 e. The van der Waals surface area contributed by atoms with E-state index in [9.17, 15) is 14.4 Å². The van der Waals surface area contributed by atoms with E-state index < -0.39 is 17.2 Å². The van der Waals surface area contributed by atoms with Crippen LogP contribution < -0.4 is 16.1 Å². The molecule has 0 aliphatic heterocycles. The highest BCUT2D eigenvalue weighted by Crippen LogP contribution is 2.15. The molecule has 0 saturated heterocycles. The van der Waals surface area contributed by atoms with E-state index in [1.54, 1.807) is 0 Å². The first-order valence-electron chi connectivity index (χ1n) is 8.11. The lowest BCUT2D eigenvalue weighted by Crippen LogP contribution is -2.37. The van der Waals surface area contributed by atoms with Gasteiger partial charge in [-0.15, -0.1) is 0 Å². The number of amides is 1. The van der Waals surface area contributed by atoms with Crippen molar-refractivity contribution in [3.05, 3.63) is 56.2 Å². The Hall–Kier alpha value is -3.27. The van der Waals surface area contributed by atoms with Gasteiger partial charge >= 0.3 is 5.69 Å². The summed E-state index contributed by atoms with van der Waals surface area (Å²) < 4.78 is 6.58. The first kappa shape index (κ1) is 17.2. The summed E-state index contributed by atoms with van der Waals surface area (Å²) in [6, 6.07) is 7.79. The van der Waals surface area contributed by atoms with Gasteiger partial charge in [0.2, 0.25) is 0 Å². The third-order valence-electron chi connectivity index (χ3n) is 4.46. The molecule has 0 unspecified atom stereocenters. The van der Waals surface area contributed by atoms with E-state index in [1.165, 1.54) is 40.9 Å². The van der Waals surface area contributed by atoms with Gasteiger partial charge in [-0.05, 0) is 12.1 Å². The van der Waals surface area contributed by atoms with Crippen LogP contribution in [0.15, 0.2) is 45.2 Å². The zero-order chi connectivity index (χ0) is 19.3. The number of fused-ring (bicyclic) bond motifs is 2. The second-order valence-corrected chi connectivity index (χ2v) is 7.18. The molecule has 0 saturated carbocycles. The number of nitrogens with zero attached hydrogens (tertiary/aromatic N) is 6. The standard InChI is InChI=1S/C17H16N6O3S/c1-20-10-6-4-5-7-11(10)27-16(20)19-12(24)8-23-9-18-14-13(23)15(25)22(3)17(26)21(14)2/h4-7,9H,8H2,1-3H3. The van der Waals surface area contributed by atoms with Crippen molar-refractivity contribution in [2.75, 3.05) is 0 Å². The van der Waals surface area contributed by atoms with E-state index in [2.05, 4.69) is 9.98 Å². The highest BCUT2D eigenvalue weighted by molar-refractivity contribution is 7.16. The summed E-state index contributed by atoms with van der Waals surface area (Å²) >= 11 is 1.42. The van der Waals surface area contributed by atoms with E-state index in [0.717, 1.165) is 14.8 Å². The van der Waals surface area contributed by atoms with Crippen LogP contribution in [-0.4, -0.2) is 29.2 Å². The Balaban J connectivity index is 1.78. The Bertz CT molecular complexity index is 1400. The van der Waals surface area contributed by atoms with Crippen molar-refractivity contribution >= 4 is 38.6 Å². The molecule has 0 radical (unpaired) electrons. The van der Waals surface area contributed by atoms with Gasteiger partial charge in [-0.1, -0.05) is 23.5 Å². The fourth-order valence-corrected chi connectivity index (χ4v) is 4.03. The van der Waals surface area contributed by atoms with Gasteiger partial charge in [-0.25, -0.2) is 9.78 Å². The molecular weight excluding hydrogens is 368 g/mol. The zero-order valence-electron chi connectivity index (χ0n) is 14.9. The maximum Gasteiger partial charge on any atom is 0.332 e. The van der Waals surface area contributed by atoms with Crippen LogP contribution in [0.25, 0.3) is 21.4 Å². The quantitative estimate of drug-likeness (QED) is 0.490. The summed E-state index contributed by atoms with van der Waals surface area (Å²) in [6.45, 7) is -0.141. The predicted octanol–water partition coefficient (Wildman–Crippen LogP) is 0.114. The monoisotopic (exact) mass is 384 g/mol. The first-order valence-corrected chi connectivity index (χ1v) is 8.93. The third kappa shape index (κ3) is 2.65. The number of thiazole rings is 1. The minimum Gasteiger partial charge on any atom is -0.319 e. The van der Waals surface area contributed by atoms with Crippen LogP contribution in [0.2, 0.25) is 0 Å². The van der Waals surface area contributed by atoms with Crippen molar-refractivity contribution in [3.8, 4) is 0 Å². The number of hydrogen-bond acceptors (Lipinski definition) is 5. The van der Waals surface area contributed by atoms with Crippen molar-refractivity contribution in [2.24, 2.45) is 26.1 Å². The second-order valence-electron chi connectivity index (χ2n) is 6.17. The number of aromatic nitrogens is 5. The molecule has 4 aromatic rings. The number of rotatable bonds is 2. The molecule has 0 bridgehead atoms. The summed E-state index contributed by atoms with van der Waals surface area (Å²) in [4.78, 5) is 45.8. The van der Waals surface area contributed by atoms with Crippen molar-refractivity contribution in [1.82, 2.24) is 23.3 Å². The molecule has 1 amide bonds. The summed E-state index contributed by atoms with van der Waals surface area (Å²) in [7, 11) is 4.78. The molecule has 0 aliphatic rings. The molecular formula is C17H16N6O3S. The molecule has 9 nitrogen and oxygen atoms in total. The van der Waals surface area contributed by atoms with Crippen molar-refractivity contribution in [2.45, 2.75) is 6.54 Å². The van der Waals surface area contributed by atoms with E-state index in [-0.39, 0.29) is 17.7 Å². The number of para-hydroxylation sites is 1. The molecule has 0 N–H and O–H groups in total. The number of imidazole rings is 1. The van der Waals surface area contributed by atoms with Gasteiger partial charge in [0, 0.05) is 21.1 Å². The van der Waals surface area contributed by atoms with Crippen LogP contribution in [0.4, 0.5) is 0 Å². The molecule has 0 fully saturated rings. The Labute approximate surface area is 156 Å². The maximum absolute atomic E-state index is 12.5. The number of carbonyl (C=O) groups excluding carboxylic acids is 1. The second kappa shape index (κ2) is 6.16. The van der Waals surface area contributed by atoms with Gasteiger partial charge in [-0.2, -0.15) is 4.99 Å². The molecule has 10 heteroatoms. The van der Waals surface area contributed by atoms with E-state index in [4.69, 9.17) is 0 Å². The van der Waals surface area contributed by atoms with Crippen LogP contribution in [0, 0.1) is 0 Å². The lowest BCUT2D eigenvalue weighted by molar-refractivity contribution is -0.118. The van der Waals surface area contributed by atoms with Gasteiger partial charge in [0.1, 0.15) is 6.54 Å². The Kier molecular flexibility index (Phi) is 3.92. The van der Waals surface area contributed by atoms with Crippen LogP contribution in [0.5, 0.6) is 0 Å². The minimum absolute atomic E-state index is 0.141. The fourth-order valence-electron chi connectivity index (χ4n) is 2.99. The maximum atomic E-state index is 12.5. The summed E-state index contributed by atoms with van der Waals surface area (Å²) in [5.41, 5.74) is 0.468. The molecule has 0 aliphatic carbocycles. The molecule has 27 heavy (non-hydrogen) atoms. The third-order valence-corrected chi connectivity index (χ3v) is 5.57. The molecule has 138 valence electrons. The average molecular weight is 384 g/mol. The molecule has 3 aromatic heterocycles. The molecule has 4 rings (SSSR count). The lowest BCUT2D eigenvalue weighted by atomic mass is 10.3. The Morgan fingerprint density at radius 1 is 1.11 bits per heavy atom. The smallest absolute Gasteiger partial charge is 0.319 e. The van der Waals surface area contributed by atoms with Crippen molar-refractivity contribution in [1.29, 1.82) is 0 Å². The van der Waals surface area contributed by atoms with E-state index in [0.29, 0.717) is 4.80 Å². The normalized spacial score (nSPS) is 12.3.